The Hall–Kier alpha value is -1.33. The maximum Gasteiger partial charge on any atom is 0.258 e. The van der Waals surface area contributed by atoms with Gasteiger partial charge in [-0.1, -0.05) is 28.9 Å². The summed E-state index contributed by atoms with van der Waals surface area (Å²) in [5.41, 5.74) is 2.04. The van der Waals surface area contributed by atoms with Gasteiger partial charge in [0.25, 0.3) is 5.91 Å². The molecule has 5 heteroatoms. The lowest BCUT2D eigenvalue weighted by molar-refractivity contribution is -0.122. The van der Waals surface area contributed by atoms with E-state index in [2.05, 4.69) is 33.1 Å². The molecule has 110 valence electrons. The lowest BCUT2D eigenvalue weighted by Gasteiger charge is -2.15. The summed E-state index contributed by atoms with van der Waals surface area (Å²) in [7, 11) is 0. The second-order valence-electron chi connectivity index (χ2n) is 4.37. The number of hydrogen-bond acceptors (Lipinski definition) is 3. The third-order valence-electron chi connectivity index (χ3n) is 2.67. The Bertz CT molecular complexity index is 475. The monoisotopic (exact) mass is 340 g/mol. The van der Waals surface area contributed by atoms with Gasteiger partial charge < -0.3 is 15.4 Å². The minimum atomic E-state index is -0.151. The van der Waals surface area contributed by atoms with Crippen molar-refractivity contribution < 1.29 is 9.53 Å². The van der Waals surface area contributed by atoms with Crippen molar-refractivity contribution in [2.45, 2.75) is 20.4 Å². The fraction of sp³-hybridized carbons (Fsp3) is 0.400. The smallest absolute Gasteiger partial charge is 0.258 e. The van der Waals surface area contributed by atoms with Crippen molar-refractivity contribution in [1.82, 2.24) is 10.6 Å². The van der Waals surface area contributed by atoms with E-state index >= 15 is 0 Å². The molecule has 1 aromatic rings. The highest BCUT2D eigenvalue weighted by molar-refractivity contribution is 9.10. The molecule has 1 aromatic carbocycles. The number of halogens is 1. The van der Waals surface area contributed by atoms with E-state index in [1.165, 1.54) is 0 Å². The number of benzene rings is 1. The van der Waals surface area contributed by atoms with Gasteiger partial charge in [0.15, 0.2) is 6.61 Å². The molecule has 2 N–H and O–H groups in total. The molecule has 0 heterocycles. The first kappa shape index (κ1) is 16.7. The van der Waals surface area contributed by atoms with Gasteiger partial charge in [0.05, 0.1) is 0 Å². The Balaban J connectivity index is 2.76. The highest BCUT2D eigenvalue weighted by Crippen LogP contribution is 2.28. The molecule has 0 aliphatic heterocycles. The second-order valence-corrected chi connectivity index (χ2v) is 5.29. The Morgan fingerprint density at radius 1 is 1.50 bits per heavy atom. The minimum Gasteiger partial charge on any atom is -0.483 e. The van der Waals surface area contributed by atoms with Gasteiger partial charge in [-0.05, 0) is 31.2 Å². The van der Waals surface area contributed by atoms with E-state index in [4.69, 9.17) is 4.74 Å². The lowest BCUT2D eigenvalue weighted by Crippen LogP contribution is -2.29. The molecule has 0 saturated carbocycles. The van der Waals surface area contributed by atoms with Crippen molar-refractivity contribution in [3.05, 3.63) is 40.4 Å². The standard InChI is InChI=1S/C15H21BrN2O2/c1-4-6-18-14(19)10-20-15-11(3)7-13(16)8-12(15)9-17-5-2/h4,7-8,17H,1,5-6,9-10H2,2-3H3,(H,18,19). The summed E-state index contributed by atoms with van der Waals surface area (Å²) in [6.07, 6.45) is 1.64. The summed E-state index contributed by atoms with van der Waals surface area (Å²) in [6.45, 7) is 9.62. The largest absolute Gasteiger partial charge is 0.483 e. The molecule has 4 nitrogen and oxygen atoms in total. The third kappa shape index (κ3) is 5.35. The lowest BCUT2D eigenvalue weighted by atomic mass is 10.1. The Kier molecular flexibility index (Phi) is 7.33. The van der Waals surface area contributed by atoms with Crippen molar-refractivity contribution in [2.75, 3.05) is 19.7 Å². The third-order valence-corrected chi connectivity index (χ3v) is 3.13. The van der Waals surface area contributed by atoms with Crippen molar-refractivity contribution in [3.63, 3.8) is 0 Å². The first-order chi connectivity index (χ1) is 9.58. The molecule has 0 unspecified atom stereocenters. The van der Waals surface area contributed by atoms with E-state index < -0.39 is 0 Å². The highest BCUT2D eigenvalue weighted by Gasteiger charge is 2.10. The number of nitrogens with one attached hydrogen (secondary N) is 2. The van der Waals surface area contributed by atoms with Crippen LogP contribution in [0.4, 0.5) is 0 Å². The molecule has 0 aromatic heterocycles. The molecule has 1 amide bonds. The van der Waals surface area contributed by atoms with Crippen molar-refractivity contribution >= 4 is 21.8 Å². The van der Waals surface area contributed by atoms with Gasteiger partial charge in [0, 0.05) is 23.1 Å². The molecule has 0 fully saturated rings. The minimum absolute atomic E-state index is 0.00936. The van der Waals surface area contributed by atoms with Crippen LogP contribution in [0.5, 0.6) is 5.75 Å². The number of ether oxygens (including phenoxy) is 1. The van der Waals surface area contributed by atoms with Gasteiger partial charge in [-0.3, -0.25) is 4.79 Å². The summed E-state index contributed by atoms with van der Waals surface area (Å²) in [6, 6.07) is 3.99. The van der Waals surface area contributed by atoms with E-state index in [9.17, 15) is 4.79 Å². The fourth-order valence-corrected chi connectivity index (χ4v) is 2.39. The average molecular weight is 341 g/mol. The number of amides is 1. The van der Waals surface area contributed by atoms with Crippen LogP contribution in [0.3, 0.4) is 0 Å². The van der Waals surface area contributed by atoms with Gasteiger partial charge in [-0.25, -0.2) is 0 Å². The van der Waals surface area contributed by atoms with E-state index in [-0.39, 0.29) is 12.5 Å². The van der Waals surface area contributed by atoms with Crippen LogP contribution in [-0.4, -0.2) is 25.6 Å². The maximum absolute atomic E-state index is 11.6. The van der Waals surface area contributed by atoms with Gasteiger partial charge >= 0.3 is 0 Å². The molecule has 0 bridgehead atoms. The average Bonchev–Trinajstić information content (AvgIpc) is 2.41. The number of aryl methyl sites for hydroxylation is 1. The number of hydrogen-bond donors (Lipinski definition) is 2. The Morgan fingerprint density at radius 2 is 2.25 bits per heavy atom. The Labute approximate surface area is 128 Å². The zero-order valence-corrected chi connectivity index (χ0v) is 13.5. The maximum atomic E-state index is 11.6. The summed E-state index contributed by atoms with van der Waals surface area (Å²) in [5.74, 6) is 0.615. The molecular weight excluding hydrogens is 320 g/mol. The highest BCUT2D eigenvalue weighted by atomic mass is 79.9. The van der Waals surface area contributed by atoms with Crippen LogP contribution in [0, 0.1) is 6.92 Å². The second kappa shape index (κ2) is 8.76. The molecule has 0 atom stereocenters. The van der Waals surface area contributed by atoms with E-state index in [1.54, 1.807) is 6.08 Å². The molecule has 0 radical (unpaired) electrons. The number of rotatable bonds is 8. The van der Waals surface area contributed by atoms with Crippen LogP contribution in [-0.2, 0) is 11.3 Å². The first-order valence-corrected chi connectivity index (χ1v) is 7.37. The van der Waals surface area contributed by atoms with Crippen LogP contribution in [0.15, 0.2) is 29.3 Å². The fourth-order valence-electron chi connectivity index (χ4n) is 1.77. The zero-order valence-electron chi connectivity index (χ0n) is 12.0. The quantitative estimate of drug-likeness (QED) is 0.715. The predicted octanol–water partition coefficient (Wildman–Crippen LogP) is 2.55. The number of carbonyl (C=O) groups is 1. The van der Waals surface area contributed by atoms with Gasteiger partial charge in [0.1, 0.15) is 5.75 Å². The van der Waals surface area contributed by atoms with Gasteiger partial charge in [0.2, 0.25) is 0 Å². The van der Waals surface area contributed by atoms with Crippen LogP contribution >= 0.6 is 15.9 Å². The zero-order chi connectivity index (χ0) is 15.0. The molecule has 0 aliphatic rings. The molecule has 0 saturated heterocycles. The van der Waals surface area contributed by atoms with Gasteiger partial charge in [-0.15, -0.1) is 6.58 Å². The van der Waals surface area contributed by atoms with Crippen LogP contribution < -0.4 is 15.4 Å². The molecular formula is C15H21BrN2O2. The van der Waals surface area contributed by atoms with E-state index in [0.717, 1.165) is 27.9 Å². The molecule has 20 heavy (non-hydrogen) atoms. The van der Waals surface area contributed by atoms with E-state index in [0.29, 0.717) is 13.1 Å². The van der Waals surface area contributed by atoms with Crippen LogP contribution in [0.2, 0.25) is 0 Å². The van der Waals surface area contributed by atoms with Gasteiger partial charge in [-0.2, -0.15) is 0 Å². The van der Waals surface area contributed by atoms with Crippen molar-refractivity contribution in [2.24, 2.45) is 0 Å². The first-order valence-electron chi connectivity index (χ1n) is 6.58. The summed E-state index contributed by atoms with van der Waals surface area (Å²) in [5, 5.41) is 5.96. The van der Waals surface area contributed by atoms with E-state index in [1.807, 2.05) is 26.0 Å². The van der Waals surface area contributed by atoms with Crippen LogP contribution in [0.1, 0.15) is 18.1 Å². The number of carbonyl (C=O) groups excluding carboxylic acids is 1. The predicted molar refractivity (Wildman–Crippen MR) is 85.0 cm³/mol. The van der Waals surface area contributed by atoms with Crippen molar-refractivity contribution in [3.8, 4) is 5.75 Å². The molecule has 1 rings (SSSR count). The summed E-state index contributed by atoms with van der Waals surface area (Å²) >= 11 is 3.48. The summed E-state index contributed by atoms with van der Waals surface area (Å²) in [4.78, 5) is 11.6. The summed E-state index contributed by atoms with van der Waals surface area (Å²) < 4.78 is 6.68. The van der Waals surface area contributed by atoms with Crippen LogP contribution in [0.25, 0.3) is 0 Å². The Morgan fingerprint density at radius 3 is 2.90 bits per heavy atom. The topological polar surface area (TPSA) is 50.4 Å². The normalized spacial score (nSPS) is 10.2. The van der Waals surface area contributed by atoms with Crippen molar-refractivity contribution in [1.29, 1.82) is 0 Å². The molecule has 0 spiro atoms. The molecule has 0 aliphatic carbocycles. The SMILES string of the molecule is C=CCNC(=O)COc1c(C)cc(Br)cc1CNCC.